The van der Waals surface area contributed by atoms with Crippen molar-refractivity contribution in [2.45, 2.75) is 26.0 Å². The summed E-state index contributed by atoms with van der Waals surface area (Å²) in [6.45, 7) is 5.54. The van der Waals surface area contributed by atoms with E-state index in [0.29, 0.717) is 11.4 Å². The van der Waals surface area contributed by atoms with Crippen LogP contribution in [0, 0.1) is 5.92 Å². The molecule has 2 rings (SSSR count). The van der Waals surface area contributed by atoms with E-state index in [-0.39, 0.29) is 22.2 Å². The van der Waals surface area contributed by atoms with Crippen molar-refractivity contribution in [3.8, 4) is 5.69 Å². The number of amides is 1. The molecule has 24 heavy (non-hydrogen) atoms. The Hall–Kier alpha value is -1.57. The fourth-order valence-electron chi connectivity index (χ4n) is 2.15. The van der Waals surface area contributed by atoms with Gasteiger partial charge in [-0.2, -0.15) is 5.10 Å². The van der Waals surface area contributed by atoms with E-state index in [1.165, 1.54) is 4.90 Å². The van der Waals surface area contributed by atoms with Crippen LogP contribution in [0.1, 0.15) is 20.8 Å². The maximum Gasteiger partial charge on any atom is 0.234 e. The van der Waals surface area contributed by atoms with Crippen molar-refractivity contribution >= 4 is 34.4 Å². The highest BCUT2D eigenvalue weighted by atomic mass is 35.5. The number of nitrogens with zero attached hydrogens (tertiary/aromatic N) is 4. The van der Waals surface area contributed by atoms with Crippen LogP contribution < -0.4 is 4.90 Å². The second-order valence-electron chi connectivity index (χ2n) is 5.86. The predicted molar refractivity (Wildman–Crippen MR) is 97.1 cm³/mol. The Bertz CT molecular complexity index is 693. The van der Waals surface area contributed by atoms with Crippen molar-refractivity contribution in [3.05, 3.63) is 35.9 Å². The fraction of sp³-hybridized carbons (Fsp3) is 0.438. The van der Waals surface area contributed by atoms with Crippen molar-refractivity contribution < 1.29 is 9.35 Å². The summed E-state index contributed by atoms with van der Waals surface area (Å²) in [6, 6.07) is 3.64. The molecule has 1 amide bonds. The van der Waals surface area contributed by atoms with Crippen LogP contribution >= 0.6 is 11.6 Å². The first kappa shape index (κ1) is 18.8. The normalized spacial score (nSPS) is 13.8. The Balaban J connectivity index is 2.16. The van der Waals surface area contributed by atoms with E-state index < -0.39 is 11.2 Å². The highest BCUT2D eigenvalue weighted by Crippen LogP contribution is 2.26. The standard InChI is InChI=1S/C16H21ClN4O2S/c1-11(2)24(23)10-12(3)16(22)20(4)14-9-21(19-15(14)17)13-6-5-7-18-8-13/h5-9,11-12H,10H2,1-4H3. The third-order valence-electron chi connectivity index (χ3n) is 3.62. The minimum atomic E-state index is -1.03. The highest BCUT2D eigenvalue weighted by Gasteiger charge is 2.27. The van der Waals surface area contributed by atoms with Crippen LogP contribution in [0.25, 0.3) is 5.69 Å². The van der Waals surface area contributed by atoms with Gasteiger partial charge in [0.25, 0.3) is 0 Å². The Morgan fingerprint density at radius 2 is 2.17 bits per heavy atom. The Kier molecular flexibility index (Phi) is 6.26. The van der Waals surface area contributed by atoms with Gasteiger partial charge < -0.3 is 9.45 Å². The van der Waals surface area contributed by atoms with E-state index in [1.807, 2.05) is 19.9 Å². The SMILES string of the molecule is CC(C[S+]([O-])C(C)C)C(=O)N(C)c1cn(-c2cccnc2)nc1Cl. The molecule has 0 N–H and O–H groups in total. The molecule has 8 heteroatoms. The molecular weight excluding hydrogens is 348 g/mol. The van der Waals surface area contributed by atoms with Crippen LogP contribution in [0.4, 0.5) is 5.69 Å². The van der Waals surface area contributed by atoms with Crippen LogP contribution in [0.2, 0.25) is 5.15 Å². The van der Waals surface area contributed by atoms with E-state index in [1.54, 1.807) is 43.3 Å². The van der Waals surface area contributed by atoms with E-state index in [9.17, 15) is 9.35 Å². The van der Waals surface area contributed by atoms with Gasteiger partial charge in [0.05, 0.1) is 24.0 Å². The van der Waals surface area contributed by atoms with Crippen molar-refractivity contribution in [1.82, 2.24) is 14.8 Å². The molecule has 130 valence electrons. The molecule has 0 spiro atoms. The Morgan fingerprint density at radius 3 is 2.75 bits per heavy atom. The molecule has 6 nitrogen and oxygen atoms in total. The summed E-state index contributed by atoms with van der Waals surface area (Å²) in [5.74, 6) is -0.178. The van der Waals surface area contributed by atoms with Gasteiger partial charge in [0.1, 0.15) is 16.7 Å². The molecule has 0 saturated heterocycles. The first-order valence-corrected chi connectivity index (χ1v) is 9.37. The lowest BCUT2D eigenvalue weighted by Crippen LogP contribution is -2.36. The number of carbonyl (C=O) groups excluding carboxylic acids is 1. The van der Waals surface area contributed by atoms with E-state index in [4.69, 9.17) is 11.6 Å². The molecule has 0 bridgehead atoms. The van der Waals surface area contributed by atoms with Gasteiger partial charge >= 0.3 is 0 Å². The van der Waals surface area contributed by atoms with Crippen LogP contribution in [-0.2, 0) is 16.0 Å². The summed E-state index contributed by atoms with van der Waals surface area (Å²) in [7, 11) is 1.65. The predicted octanol–water partition coefficient (Wildman–Crippen LogP) is 2.68. The molecule has 2 unspecified atom stereocenters. The molecule has 0 aliphatic rings. The topological polar surface area (TPSA) is 74.1 Å². The third-order valence-corrected chi connectivity index (χ3v) is 5.76. The monoisotopic (exact) mass is 368 g/mol. The zero-order valence-corrected chi connectivity index (χ0v) is 15.7. The molecule has 2 heterocycles. The molecule has 0 aliphatic heterocycles. The zero-order chi connectivity index (χ0) is 17.9. The first-order chi connectivity index (χ1) is 11.3. The number of pyridine rings is 1. The van der Waals surface area contributed by atoms with Crippen LogP contribution in [0.3, 0.4) is 0 Å². The van der Waals surface area contributed by atoms with Gasteiger partial charge in [-0.1, -0.05) is 22.8 Å². The molecule has 0 radical (unpaired) electrons. The fourth-order valence-corrected chi connectivity index (χ4v) is 3.43. The number of aromatic nitrogens is 3. The summed E-state index contributed by atoms with van der Waals surface area (Å²) >= 11 is 5.15. The van der Waals surface area contributed by atoms with Crippen LogP contribution in [-0.4, -0.2) is 43.3 Å². The molecule has 0 aliphatic carbocycles. The number of halogens is 1. The molecule has 0 saturated carbocycles. The average molecular weight is 369 g/mol. The summed E-state index contributed by atoms with van der Waals surface area (Å²) in [4.78, 5) is 18.1. The molecular formula is C16H21ClN4O2S. The van der Waals surface area contributed by atoms with Crippen molar-refractivity contribution in [2.24, 2.45) is 5.92 Å². The summed E-state index contributed by atoms with van der Waals surface area (Å²) in [5, 5.41) is 4.48. The molecule has 0 aromatic carbocycles. The van der Waals surface area contributed by atoms with Gasteiger partial charge in [-0.3, -0.25) is 9.78 Å². The largest absolute Gasteiger partial charge is 0.616 e. The lowest BCUT2D eigenvalue weighted by Gasteiger charge is -2.22. The zero-order valence-electron chi connectivity index (χ0n) is 14.1. The van der Waals surface area contributed by atoms with Gasteiger partial charge in [0.2, 0.25) is 5.91 Å². The lowest BCUT2D eigenvalue weighted by molar-refractivity contribution is -0.121. The second kappa shape index (κ2) is 8.00. The summed E-state index contributed by atoms with van der Waals surface area (Å²) < 4.78 is 13.5. The number of anilines is 1. The number of carbonyl (C=O) groups is 1. The van der Waals surface area contributed by atoms with Gasteiger partial charge in [-0.25, -0.2) is 4.68 Å². The van der Waals surface area contributed by atoms with Crippen LogP contribution in [0.15, 0.2) is 30.7 Å². The number of hydrogen-bond donors (Lipinski definition) is 0. The van der Waals surface area contributed by atoms with Crippen molar-refractivity contribution in [2.75, 3.05) is 17.7 Å². The minimum absolute atomic E-state index is 0.0301. The average Bonchev–Trinajstić information content (AvgIpc) is 2.95. The molecule has 2 aromatic heterocycles. The minimum Gasteiger partial charge on any atom is -0.616 e. The van der Waals surface area contributed by atoms with Gasteiger partial charge in [-0.05, 0) is 32.9 Å². The molecule has 2 atom stereocenters. The quantitative estimate of drug-likeness (QED) is 0.735. The lowest BCUT2D eigenvalue weighted by atomic mass is 10.2. The number of hydrogen-bond acceptors (Lipinski definition) is 4. The maximum atomic E-state index is 12.6. The first-order valence-electron chi connectivity index (χ1n) is 7.61. The van der Waals surface area contributed by atoms with Gasteiger partial charge in [0, 0.05) is 13.2 Å². The maximum absolute atomic E-state index is 12.6. The van der Waals surface area contributed by atoms with E-state index >= 15 is 0 Å². The van der Waals surface area contributed by atoms with E-state index in [0.717, 1.165) is 5.69 Å². The smallest absolute Gasteiger partial charge is 0.234 e. The highest BCUT2D eigenvalue weighted by molar-refractivity contribution is 7.92. The van der Waals surface area contributed by atoms with Gasteiger partial charge in [-0.15, -0.1) is 0 Å². The van der Waals surface area contributed by atoms with Crippen molar-refractivity contribution in [3.63, 3.8) is 0 Å². The second-order valence-corrected chi connectivity index (χ2v) is 8.25. The Morgan fingerprint density at radius 1 is 1.46 bits per heavy atom. The molecule has 2 aromatic rings. The van der Waals surface area contributed by atoms with Gasteiger partial charge in [0.15, 0.2) is 5.15 Å². The summed E-state index contributed by atoms with van der Waals surface area (Å²) in [5.41, 5.74) is 1.26. The molecule has 0 fully saturated rings. The van der Waals surface area contributed by atoms with Crippen LogP contribution in [0.5, 0.6) is 0 Å². The van der Waals surface area contributed by atoms with Crippen molar-refractivity contribution in [1.29, 1.82) is 0 Å². The Labute approximate surface area is 150 Å². The number of rotatable bonds is 6. The third kappa shape index (κ3) is 4.28. The summed E-state index contributed by atoms with van der Waals surface area (Å²) in [6.07, 6.45) is 5.01. The van der Waals surface area contributed by atoms with E-state index in [2.05, 4.69) is 10.1 Å².